The maximum Gasteiger partial charge on any atom is 0.126 e. The Bertz CT molecular complexity index is 568. The lowest BCUT2D eigenvalue weighted by Crippen LogP contribution is -2.19. The Labute approximate surface area is 122 Å². The van der Waals surface area contributed by atoms with Crippen LogP contribution in [0.1, 0.15) is 18.1 Å². The number of halogens is 2. The topological polar surface area (TPSA) is 12.0 Å². The van der Waals surface area contributed by atoms with Gasteiger partial charge in [-0.3, -0.25) is 0 Å². The lowest BCUT2D eigenvalue weighted by atomic mass is 10.1. The first-order valence-corrected chi connectivity index (χ1v) is 7.12. The predicted octanol–water partition coefficient (Wildman–Crippen LogP) is 4.94. The number of benzene rings is 2. The standard InChI is InChI=1S/C16H17BrFN/c1-11-6-5-9-15(16(11)17)19-12(2)10-13-7-3-4-8-14(13)18/h3-9,12,19H,10H2,1-2H3. The number of anilines is 1. The van der Waals surface area contributed by atoms with E-state index in [1.807, 2.05) is 24.3 Å². The van der Waals surface area contributed by atoms with Crippen LogP contribution in [0.4, 0.5) is 10.1 Å². The molecule has 1 atom stereocenters. The van der Waals surface area contributed by atoms with Gasteiger partial charge in [0.2, 0.25) is 0 Å². The summed E-state index contributed by atoms with van der Waals surface area (Å²) in [5, 5.41) is 3.41. The van der Waals surface area contributed by atoms with Crippen LogP contribution in [0.15, 0.2) is 46.9 Å². The molecule has 3 heteroatoms. The van der Waals surface area contributed by atoms with Gasteiger partial charge in [-0.05, 0) is 59.5 Å². The summed E-state index contributed by atoms with van der Waals surface area (Å²) in [5.74, 6) is -0.139. The fourth-order valence-corrected chi connectivity index (χ4v) is 2.45. The maximum atomic E-state index is 13.6. The highest BCUT2D eigenvalue weighted by molar-refractivity contribution is 9.10. The molecule has 2 rings (SSSR count). The molecule has 0 aliphatic rings. The fraction of sp³-hybridized carbons (Fsp3) is 0.250. The monoisotopic (exact) mass is 321 g/mol. The molecular weight excluding hydrogens is 305 g/mol. The van der Waals surface area contributed by atoms with Gasteiger partial charge in [-0.1, -0.05) is 30.3 Å². The molecule has 0 radical (unpaired) electrons. The third-order valence-electron chi connectivity index (χ3n) is 3.08. The van der Waals surface area contributed by atoms with Crippen LogP contribution in [0, 0.1) is 12.7 Å². The van der Waals surface area contributed by atoms with Crippen molar-refractivity contribution in [3.63, 3.8) is 0 Å². The molecule has 0 aromatic heterocycles. The van der Waals surface area contributed by atoms with Gasteiger partial charge in [0.05, 0.1) is 0 Å². The fourth-order valence-electron chi connectivity index (χ4n) is 2.07. The van der Waals surface area contributed by atoms with E-state index in [1.165, 1.54) is 11.6 Å². The van der Waals surface area contributed by atoms with E-state index in [-0.39, 0.29) is 11.9 Å². The van der Waals surface area contributed by atoms with Gasteiger partial charge in [0.25, 0.3) is 0 Å². The van der Waals surface area contributed by atoms with E-state index < -0.39 is 0 Å². The molecule has 0 bridgehead atoms. The minimum atomic E-state index is -0.139. The highest BCUT2D eigenvalue weighted by Crippen LogP contribution is 2.26. The molecule has 0 saturated carbocycles. The number of hydrogen-bond donors (Lipinski definition) is 1. The van der Waals surface area contributed by atoms with Crippen LogP contribution >= 0.6 is 15.9 Å². The van der Waals surface area contributed by atoms with Gasteiger partial charge < -0.3 is 5.32 Å². The zero-order chi connectivity index (χ0) is 13.8. The van der Waals surface area contributed by atoms with E-state index >= 15 is 0 Å². The normalized spacial score (nSPS) is 12.2. The molecule has 2 aromatic rings. The molecule has 1 unspecified atom stereocenters. The summed E-state index contributed by atoms with van der Waals surface area (Å²) in [4.78, 5) is 0. The van der Waals surface area contributed by atoms with Crippen LogP contribution < -0.4 is 5.32 Å². The van der Waals surface area contributed by atoms with Crippen LogP contribution in [-0.2, 0) is 6.42 Å². The predicted molar refractivity (Wildman–Crippen MR) is 82.1 cm³/mol. The second-order valence-electron chi connectivity index (χ2n) is 4.78. The zero-order valence-electron chi connectivity index (χ0n) is 11.1. The van der Waals surface area contributed by atoms with E-state index in [0.717, 1.165) is 15.7 Å². The minimum Gasteiger partial charge on any atom is -0.381 e. The van der Waals surface area contributed by atoms with Crippen molar-refractivity contribution >= 4 is 21.6 Å². The van der Waals surface area contributed by atoms with Crippen LogP contribution in [0.5, 0.6) is 0 Å². The van der Waals surface area contributed by atoms with Crippen molar-refractivity contribution in [1.29, 1.82) is 0 Å². The Balaban J connectivity index is 2.08. The molecule has 0 aliphatic heterocycles. The molecule has 0 fully saturated rings. The maximum absolute atomic E-state index is 13.6. The van der Waals surface area contributed by atoms with Gasteiger partial charge >= 0.3 is 0 Å². The summed E-state index contributed by atoms with van der Waals surface area (Å²) in [6, 6.07) is 13.2. The first kappa shape index (κ1) is 14.1. The first-order chi connectivity index (χ1) is 9.08. The van der Waals surface area contributed by atoms with Gasteiger partial charge in [0.1, 0.15) is 5.82 Å². The molecular formula is C16H17BrFN. The van der Waals surface area contributed by atoms with E-state index in [0.29, 0.717) is 6.42 Å². The highest BCUT2D eigenvalue weighted by Gasteiger charge is 2.09. The second kappa shape index (κ2) is 6.20. The van der Waals surface area contributed by atoms with Crippen LogP contribution in [0.25, 0.3) is 0 Å². The summed E-state index contributed by atoms with van der Waals surface area (Å²) >= 11 is 3.57. The van der Waals surface area contributed by atoms with Crippen molar-refractivity contribution in [2.75, 3.05) is 5.32 Å². The smallest absolute Gasteiger partial charge is 0.126 e. The molecule has 1 N–H and O–H groups in total. The number of hydrogen-bond acceptors (Lipinski definition) is 1. The number of rotatable bonds is 4. The Morgan fingerprint density at radius 1 is 1.16 bits per heavy atom. The molecule has 0 amide bonds. The van der Waals surface area contributed by atoms with Crippen LogP contribution in [-0.4, -0.2) is 6.04 Å². The van der Waals surface area contributed by atoms with Gasteiger partial charge in [-0.2, -0.15) is 0 Å². The van der Waals surface area contributed by atoms with Crippen molar-refractivity contribution in [3.8, 4) is 0 Å². The summed E-state index contributed by atoms with van der Waals surface area (Å²) < 4.78 is 14.7. The van der Waals surface area contributed by atoms with Crippen molar-refractivity contribution in [2.24, 2.45) is 0 Å². The van der Waals surface area contributed by atoms with E-state index in [9.17, 15) is 4.39 Å². The largest absolute Gasteiger partial charge is 0.381 e. The highest BCUT2D eigenvalue weighted by atomic mass is 79.9. The van der Waals surface area contributed by atoms with Gasteiger partial charge in [0, 0.05) is 16.2 Å². The third-order valence-corrected chi connectivity index (χ3v) is 4.13. The zero-order valence-corrected chi connectivity index (χ0v) is 12.7. The van der Waals surface area contributed by atoms with Crippen LogP contribution in [0.2, 0.25) is 0 Å². The number of nitrogens with one attached hydrogen (secondary N) is 1. The molecule has 2 aromatic carbocycles. The summed E-state index contributed by atoms with van der Waals surface area (Å²) in [7, 11) is 0. The SMILES string of the molecule is Cc1cccc(NC(C)Cc2ccccc2F)c1Br. The molecule has 1 nitrogen and oxygen atoms in total. The third kappa shape index (κ3) is 3.57. The second-order valence-corrected chi connectivity index (χ2v) is 5.57. The Morgan fingerprint density at radius 3 is 2.63 bits per heavy atom. The molecule has 0 aliphatic carbocycles. The molecule has 19 heavy (non-hydrogen) atoms. The van der Waals surface area contributed by atoms with E-state index in [1.54, 1.807) is 6.07 Å². The molecule has 0 saturated heterocycles. The van der Waals surface area contributed by atoms with Gasteiger partial charge in [-0.15, -0.1) is 0 Å². The van der Waals surface area contributed by atoms with Crippen molar-refractivity contribution < 1.29 is 4.39 Å². The Morgan fingerprint density at radius 2 is 1.89 bits per heavy atom. The Kier molecular flexibility index (Phi) is 4.59. The lowest BCUT2D eigenvalue weighted by Gasteiger charge is -2.17. The lowest BCUT2D eigenvalue weighted by molar-refractivity contribution is 0.601. The quantitative estimate of drug-likeness (QED) is 0.841. The van der Waals surface area contributed by atoms with Crippen molar-refractivity contribution in [3.05, 3.63) is 63.9 Å². The molecule has 100 valence electrons. The summed E-state index contributed by atoms with van der Waals surface area (Å²) in [5.41, 5.74) is 2.97. The van der Waals surface area contributed by atoms with Crippen LogP contribution in [0.3, 0.4) is 0 Å². The Hall–Kier alpha value is -1.35. The average molecular weight is 322 g/mol. The first-order valence-electron chi connectivity index (χ1n) is 6.33. The summed E-state index contributed by atoms with van der Waals surface area (Å²) in [6.07, 6.45) is 0.660. The molecule has 0 spiro atoms. The van der Waals surface area contributed by atoms with Gasteiger partial charge in [0.15, 0.2) is 0 Å². The van der Waals surface area contributed by atoms with E-state index in [4.69, 9.17) is 0 Å². The average Bonchev–Trinajstić information content (AvgIpc) is 2.38. The van der Waals surface area contributed by atoms with Gasteiger partial charge in [-0.25, -0.2) is 4.39 Å². The number of aryl methyl sites for hydroxylation is 1. The molecule has 0 heterocycles. The summed E-state index contributed by atoms with van der Waals surface area (Å²) in [6.45, 7) is 4.11. The minimum absolute atomic E-state index is 0.139. The van der Waals surface area contributed by atoms with Crippen molar-refractivity contribution in [1.82, 2.24) is 0 Å². The van der Waals surface area contributed by atoms with Crippen molar-refractivity contribution in [2.45, 2.75) is 26.3 Å². The van der Waals surface area contributed by atoms with E-state index in [2.05, 4.69) is 41.2 Å².